The van der Waals surface area contributed by atoms with Gasteiger partial charge in [-0.25, -0.2) is 0 Å². The van der Waals surface area contributed by atoms with Gasteiger partial charge in [-0.15, -0.1) is 0 Å². The van der Waals surface area contributed by atoms with Gasteiger partial charge in [-0.3, -0.25) is 0 Å². The second-order valence-corrected chi connectivity index (χ2v) is 5.73. The highest BCUT2D eigenvalue weighted by Gasteiger charge is 2.32. The van der Waals surface area contributed by atoms with Gasteiger partial charge < -0.3 is 16.4 Å². The minimum Gasteiger partial charge on any atom is -0.787 e. The lowest BCUT2D eigenvalue weighted by atomic mass is 9.78. The van der Waals surface area contributed by atoms with Gasteiger partial charge in [0.25, 0.3) is 0 Å². The van der Waals surface area contributed by atoms with Crippen molar-refractivity contribution in [2.45, 2.75) is 39.3 Å². The fourth-order valence-electron chi connectivity index (χ4n) is 2.76. The van der Waals surface area contributed by atoms with E-state index in [1.54, 1.807) is 0 Å². The van der Waals surface area contributed by atoms with E-state index in [4.69, 9.17) is 5.73 Å². The Morgan fingerprint density at radius 3 is 2.26 bits per heavy atom. The zero-order chi connectivity index (χ0) is 14.2. The molecule has 3 nitrogen and oxygen atoms in total. The van der Waals surface area contributed by atoms with E-state index in [1.165, 1.54) is 11.1 Å². The van der Waals surface area contributed by atoms with Crippen molar-refractivity contribution in [2.24, 2.45) is 5.73 Å². The zero-order valence-corrected chi connectivity index (χ0v) is 11.9. The van der Waals surface area contributed by atoms with E-state index in [2.05, 4.69) is 43.6 Å². The molecule has 0 aliphatic heterocycles. The number of hydroxylamine groups is 1. The summed E-state index contributed by atoms with van der Waals surface area (Å²) in [7, 11) is 0. The van der Waals surface area contributed by atoms with Gasteiger partial charge in [0, 0.05) is 5.54 Å². The minimum atomic E-state index is -0.744. The summed E-state index contributed by atoms with van der Waals surface area (Å²) in [5.41, 5.74) is 13.2. The number of rotatable bonds is 2. The van der Waals surface area contributed by atoms with Crippen molar-refractivity contribution < 1.29 is 0 Å². The van der Waals surface area contributed by atoms with Crippen LogP contribution in [0, 0.1) is 19.1 Å². The summed E-state index contributed by atoms with van der Waals surface area (Å²) in [6.07, 6.45) is 3.97. The molecule has 0 fully saturated rings. The minimum absolute atomic E-state index is 0.352. The molecule has 1 aliphatic carbocycles. The van der Waals surface area contributed by atoms with Crippen molar-refractivity contribution in [1.82, 2.24) is 5.48 Å². The molecule has 0 bridgehead atoms. The molecule has 0 amide bonds. The molecule has 0 saturated heterocycles. The predicted octanol–water partition coefficient (Wildman–Crippen LogP) is 2.82. The number of nitrogens with one attached hydrogen (secondary N) is 1. The first-order chi connectivity index (χ1) is 8.85. The quantitative estimate of drug-likeness (QED) is 0.801. The lowest BCUT2D eigenvalue weighted by molar-refractivity contribution is 0.453. The fraction of sp³-hybridized carbons (Fsp3) is 0.375. The first kappa shape index (κ1) is 14.0. The first-order valence-electron chi connectivity index (χ1n) is 6.50. The Morgan fingerprint density at radius 2 is 1.74 bits per heavy atom. The predicted molar refractivity (Wildman–Crippen MR) is 80.5 cm³/mol. The lowest BCUT2D eigenvalue weighted by Crippen LogP contribution is -2.54. The van der Waals surface area contributed by atoms with Gasteiger partial charge in [-0.05, 0) is 38.8 Å². The average Bonchev–Trinajstić information content (AvgIpc) is 2.32. The van der Waals surface area contributed by atoms with Gasteiger partial charge in [-0.1, -0.05) is 47.1 Å². The smallest absolute Gasteiger partial charge is 0.0511 e. The second-order valence-electron chi connectivity index (χ2n) is 5.73. The maximum absolute atomic E-state index is 11.3. The highest BCUT2D eigenvalue weighted by atomic mass is 16.5. The zero-order valence-electron chi connectivity index (χ0n) is 11.9. The number of aryl methyl sites for hydroxylation is 2. The summed E-state index contributed by atoms with van der Waals surface area (Å²) < 4.78 is 0. The van der Waals surface area contributed by atoms with E-state index in [-0.39, 0.29) is 6.04 Å². The Balaban J connectivity index is 2.52. The van der Waals surface area contributed by atoms with Crippen LogP contribution in [0.3, 0.4) is 0 Å². The van der Waals surface area contributed by atoms with Crippen LogP contribution < -0.4 is 11.2 Å². The summed E-state index contributed by atoms with van der Waals surface area (Å²) in [5.74, 6) is 0. The Bertz CT molecular complexity index is 540. The van der Waals surface area contributed by atoms with E-state index >= 15 is 0 Å². The molecule has 2 unspecified atom stereocenters. The third-order valence-electron chi connectivity index (χ3n) is 3.67. The largest absolute Gasteiger partial charge is 0.787 e. The number of nitrogens with two attached hydrogens (primary N) is 1. The fourth-order valence-corrected chi connectivity index (χ4v) is 2.76. The van der Waals surface area contributed by atoms with Crippen LogP contribution in [-0.4, -0.2) is 11.6 Å². The molecule has 0 saturated carbocycles. The van der Waals surface area contributed by atoms with Crippen LogP contribution >= 0.6 is 0 Å². The SMILES string of the molecule is CC1=CC(C)(N[O-])C(N)C(c2cc(C)cc(C)c2)=C1. The molecule has 3 N–H and O–H groups in total. The molecule has 1 aromatic carbocycles. The Morgan fingerprint density at radius 1 is 1.16 bits per heavy atom. The van der Waals surface area contributed by atoms with Crippen molar-refractivity contribution in [3.63, 3.8) is 0 Å². The normalized spacial score (nSPS) is 26.9. The standard InChI is InChI=1S/C16H21N2O/c1-10-5-11(2)7-13(6-10)14-8-12(3)9-16(4,18-19)15(14)17/h5-9,15,18H,17H2,1-4H3/q-1. The molecule has 0 heterocycles. The van der Waals surface area contributed by atoms with Crippen LogP contribution in [0.5, 0.6) is 0 Å². The third kappa shape index (κ3) is 2.63. The molecular weight excluding hydrogens is 236 g/mol. The Labute approximate surface area is 114 Å². The van der Waals surface area contributed by atoms with Crippen LogP contribution in [0.4, 0.5) is 0 Å². The van der Waals surface area contributed by atoms with Crippen molar-refractivity contribution in [1.29, 1.82) is 0 Å². The summed E-state index contributed by atoms with van der Waals surface area (Å²) in [6, 6.07) is 6.01. The topological polar surface area (TPSA) is 61.1 Å². The van der Waals surface area contributed by atoms with E-state index in [1.807, 2.05) is 19.9 Å². The highest BCUT2D eigenvalue weighted by Crippen LogP contribution is 2.32. The van der Waals surface area contributed by atoms with Gasteiger partial charge in [0.2, 0.25) is 0 Å². The van der Waals surface area contributed by atoms with Gasteiger partial charge in [-0.2, -0.15) is 0 Å². The molecule has 0 aromatic heterocycles. The van der Waals surface area contributed by atoms with Crippen LogP contribution in [0.2, 0.25) is 0 Å². The Kier molecular flexibility index (Phi) is 3.63. The van der Waals surface area contributed by atoms with Crippen molar-refractivity contribution in [3.8, 4) is 0 Å². The van der Waals surface area contributed by atoms with Crippen LogP contribution in [0.25, 0.3) is 5.57 Å². The molecule has 19 heavy (non-hydrogen) atoms. The summed E-state index contributed by atoms with van der Waals surface area (Å²) in [6.45, 7) is 7.96. The van der Waals surface area contributed by atoms with Gasteiger partial charge >= 0.3 is 0 Å². The highest BCUT2D eigenvalue weighted by molar-refractivity contribution is 5.76. The average molecular weight is 257 g/mol. The molecular formula is C16H21N2O-. The van der Waals surface area contributed by atoms with Gasteiger partial charge in [0.1, 0.15) is 0 Å². The molecule has 102 valence electrons. The number of allylic oxidation sites excluding steroid dienone is 2. The monoisotopic (exact) mass is 257 g/mol. The number of benzene rings is 1. The van der Waals surface area contributed by atoms with Crippen LogP contribution in [0.1, 0.15) is 30.5 Å². The first-order valence-corrected chi connectivity index (χ1v) is 6.50. The maximum atomic E-state index is 11.3. The van der Waals surface area contributed by atoms with Crippen LogP contribution in [-0.2, 0) is 0 Å². The molecule has 0 radical (unpaired) electrons. The summed E-state index contributed by atoms with van der Waals surface area (Å²) >= 11 is 0. The maximum Gasteiger partial charge on any atom is 0.0511 e. The van der Waals surface area contributed by atoms with Crippen molar-refractivity contribution in [3.05, 3.63) is 57.8 Å². The molecule has 1 aliphatic rings. The summed E-state index contributed by atoms with van der Waals surface area (Å²) in [4.78, 5) is 0. The lowest BCUT2D eigenvalue weighted by Gasteiger charge is -2.41. The molecule has 2 rings (SSSR count). The van der Waals surface area contributed by atoms with E-state index in [9.17, 15) is 5.21 Å². The summed E-state index contributed by atoms with van der Waals surface area (Å²) in [5, 5.41) is 11.3. The van der Waals surface area contributed by atoms with Gasteiger partial charge in [0.15, 0.2) is 0 Å². The third-order valence-corrected chi connectivity index (χ3v) is 3.67. The van der Waals surface area contributed by atoms with E-state index < -0.39 is 5.54 Å². The molecule has 2 atom stereocenters. The van der Waals surface area contributed by atoms with E-state index in [0.717, 1.165) is 16.7 Å². The van der Waals surface area contributed by atoms with Crippen LogP contribution in [0.15, 0.2) is 35.9 Å². The second kappa shape index (κ2) is 4.93. The van der Waals surface area contributed by atoms with E-state index in [0.29, 0.717) is 0 Å². The van der Waals surface area contributed by atoms with Gasteiger partial charge in [0.05, 0.1) is 6.04 Å². The molecule has 1 aromatic rings. The molecule has 0 spiro atoms. The molecule has 3 heteroatoms. The number of hydrogen-bond donors (Lipinski definition) is 2. The van der Waals surface area contributed by atoms with Crippen molar-refractivity contribution in [2.75, 3.05) is 0 Å². The number of hydrogen-bond acceptors (Lipinski definition) is 3. The van der Waals surface area contributed by atoms with Crippen molar-refractivity contribution >= 4 is 5.57 Å². The Hall–Kier alpha value is -1.42.